The number of rotatable bonds is 4. The third-order valence-electron chi connectivity index (χ3n) is 6.81. The summed E-state index contributed by atoms with van der Waals surface area (Å²) in [4.78, 5) is 28.4. The Kier molecular flexibility index (Phi) is 6.15. The maximum atomic E-state index is 14.3. The second kappa shape index (κ2) is 9.66. The number of pyridine rings is 4. The van der Waals surface area contributed by atoms with Gasteiger partial charge in [0.25, 0.3) is 5.56 Å². The van der Waals surface area contributed by atoms with Gasteiger partial charge in [-0.25, -0.2) is 9.97 Å². The van der Waals surface area contributed by atoms with Crippen LogP contribution in [-0.4, -0.2) is 52.8 Å². The lowest BCUT2D eigenvalue weighted by Gasteiger charge is -2.31. The third-order valence-corrected chi connectivity index (χ3v) is 6.81. The maximum Gasteiger partial charge on any atom is 0.418 e. The number of ether oxygens (including phenoxy) is 1. The van der Waals surface area contributed by atoms with E-state index in [9.17, 15) is 18.0 Å². The number of hydrogen-bond donors (Lipinski definition) is 1. The van der Waals surface area contributed by atoms with Crippen molar-refractivity contribution in [2.45, 2.75) is 6.18 Å². The highest BCUT2D eigenvalue weighted by Crippen LogP contribution is 2.38. The third kappa shape index (κ3) is 4.54. The fourth-order valence-electron chi connectivity index (χ4n) is 4.91. The molecule has 1 fully saturated rings. The molecule has 11 heteroatoms. The second-order valence-corrected chi connectivity index (χ2v) is 9.16. The van der Waals surface area contributed by atoms with Gasteiger partial charge in [0.15, 0.2) is 0 Å². The Morgan fingerprint density at radius 3 is 2.49 bits per heavy atom. The van der Waals surface area contributed by atoms with Crippen molar-refractivity contribution in [1.82, 2.24) is 24.8 Å². The molecule has 1 N–H and O–H groups in total. The molecule has 0 unspecified atom stereocenters. The van der Waals surface area contributed by atoms with E-state index in [4.69, 9.17) is 9.72 Å². The van der Waals surface area contributed by atoms with Crippen LogP contribution in [-0.2, 0) is 6.18 Å². The number of alkyl halides is 3. The van der Waals surface area contributed by atoms with Gasteiger partial charge in [0.2, 0.25) is 5.88 Å². The van der Waals surface area contributed by atoms with Gasteiger partial charge in [-0.15, -0.1) is 0 Å². The van der Waals surface area contributed by atoms with Crippen LogP contribution in [0.1, 0.15) is 5.56 Å². The smallest absolute Gasteiger partial charge is 0.418 e. The van der Waals surface area contributed by atoms with Crippen molar-refractivity contribution in [3.05, 3.63) is 82.9 Å². The van der Waals surface area contributed by atoms with Crippen LogP contribution in [0.25, 0.3) is 38.9 Å². The van der Waals surface area contributed by atoms with E-state index in [1.165, 1.54) is 23.8 Å². The van der Waals surface area contributed by atoms with E-state index in [0.29, 0.717) is 65.3 Å². The van der Waals surface area contributed by atoms with Gasteiger partial charge >= 0.3 is 6.18 Å². The van der Waals surface area contributed by atoms with E-state index in [0.717, 1.165) is 6.07 Å². The zero-order valence-electron chi connectivity index (χ0n) is 20.9. The Morgan fingerprint density at radius 2 is 1.77 bits per heavy atom. The number of anilines is 1. The molecule has 8 nitrogen and oxygen atoms in total. The summed E-state index contributed by atoms with van der Waals surface area (Å²) >= 11 is 0. The highest BCUT2D eigenvalue weighted by Gasteiger charge is 2.36. The van der Waals surface area contributed by atoms with Crippen LogP contribution in [0, 0.1) is 0 Å². The lowest BCUT2D eigenvalue weighted by atomic mass is 10.1. The number of hydrogen-bond acceptors (Lipinski definition) is 7. The first kappa shape index (κ1) is 24.8. The minimum atomic E-state index is -4.61. The van der Waals surface area contributed by atoms with Crippen LogP contribution in [0.2, 0.25) is 0 Å². The van der Waals surface area contributed by atoms with E-state index >= 15 is 0 Å². The summed E-state index contributed by atoms with van der Waals surface area (Å²) in [6.45, 7) is 2.11. The maximum absolute atomic E-state index is 14.3. The SMILES string of the molecule is COc1ccc(-c2ccc3ncc4ccc(=O)n(-c5ccc(N6CCNCC6)c(C(F)(F)F)c5)c4c3n2)cn1. The largest absolute Gasteiger partial charge is 0.481 e. The van der Waals surface area contributed by atoms with E-state index in [2.05, 4.69) is 15.3 Å². The fraction of sp³-hybridized carbons (Fsp3) is 0.214. The van der Waals surface area contributed by atoms with E-state index in [1.807, 2.05) is 0 Å². The van der Waals surface area contributed by atoms with Gasteiger partial charge in [-0.1, -0.05) is 0 Å². The number of halogens is 3. The standard InChI is InChI=1S/C28H23F3N6O2/c1-39-24-8-2-17(15-34-24)21-5-6-22-26(35-21)27-18(16-33-22)3-9-25(38)37(27)19-4-7-23(20(14-19)28(29,30)31)36-12-10-32-11-13-36/h2-9,14-16,32H,10-13H2,1H3. The van der Waals surface area contributed by atoms with Crippen LogP contribution < -0.4 is 20.5 Å². The number of nitrogens with zero attached hydrogens (tertiary/aromatic N) is 5. The van der Waals surface area contributed by atoms with Crippen LogP contribution >= 0.6 is 0 Å². The molecule has 5 aromatic rings. The Balaban J connectivity index is 1.58. The summed E-state index contributed by atoms with van der Waals surface area (Å²) in [5, 5.41) is 3.72. The zero-order valence-corrected chi connectivity index (χ0v) is 20.9. The first-order valence-corrected chi connectivity index (χ1v) is 12.3. The summed E-state index contributed by atoms with van der Waals surface area (Å²) in [6, 6.07) is 14.0. The molecule has 5 heterocycles. The molecule has 39 heavy (non-hydrogen) atoms. The van der Waals surface area contributed by atoms with Crippen molar-refractivity contribution >= 4 is 27.6 Å². The molecule has 1 aliphatic heterocycles. The molecule has 4 aromatic heterocycles. The summed E-state index contributed by atoms with van der Waals surface area (Å²) in [5.41, 5.74) is 1.47. The van der Waals surface area contributed by atoms with Gasteiger partial charge < -0.3 is 15.0 Å². The van der Waals surface area contributed by atoms with Gasteiger partial charge in [0.05, 0.1) is 35.1 Å². The lowest BCUT2D eigenvalue weighted by Crippen LogP contribution is -2.44. The Morgan fingerprint density at radius 1 is 0.949 bits per heavy atom. The topological polar surface area (TPSA) is 85.2 Å². The van der Waals surface area contributed by atoms with Crippen molar-refractivity contribution in [3.8, 4) is 22.8 Å². The predicted octanol–water partition coefficient (Wildman–Crippen LogP) is 4.43. The van der Waals surface area contributed by atoms with Crippen molar-refractivity contribution < 1.29 is 17.9 Å². The lowest BCUT2D eigenvalue weighted by molar-refractivity contribution is -0.137. The second-order valence-electron chi connectivity index (χ2n) is 9.16. The first-order chi connectivity index (χ1) is 18.8. The van der Waals surface area contributed by atoms with Crippen LogP contribution in [0.5, 0.6) is 5.88 Å². The Hall–Kier alpha value is -4.51. The molecule has 6 rings (SSSR count). The molecule has 1 aromatic carbocycles. The number of fused-ring (bicyclic) bond motifs is 3. The first-order valence-electron chi connectivity index (χ1n) is 12.3. The number of methoxy groups -OCH3 is 1. The van der Waals surface area contributed by atoms with Crippen LogP contribution in [0.15, 0.2) is 71.8 Å². The summed E-state index contributed by atoms with van der Waals surface area (Å²) in [7, 11) is 1.52. The molecule has 0 saturated carbocycles. The van der Waals surface area contributed by atoms with Crippen molar-refractivity contribution in [3.63, 3.8) is 0 Å². The molecule has 0 amide bonds. The van der Waals surface area contributed by atoms with E-state index in [1.54, 1.807) is 53.7 Å². The average Bonchev–Trinajstić information content (AvgIpc) is 2.96. The molecule has 0 aliphatic carbocycles. The molecule has 0 atom stereocenters. The molecule has 1 aliphatic rings. The van der Waals surface area contributed by atoms with Crippen molar-refractivity contribution in [2.75, 3.05) is 38.2 Å². The normalized spacial score (nSPS) is 14.2. The van der Waals surface area contributed by atoms with Gasteiger partial charge in [-0.2, -0.15) is 13.2 Å². The van der Waals surface area contributed by atoms with E-state index in [-0.39, 0.29) is 11.4 Å². The van der Waals surface area contributed by atoms with Crippen molar-refractivity contribution in [1.29, 1.82) is 0 Å². The molecule has 0 radical (unpaired) electrons. The molecule has 198 valence electrons. The van der Waals surface area contributed by atoms with E-state index < -0.39 is 17.3 Å². The molecular formula is C28H23F3N6O2. The minimum absolute atomic E-state index is 0.0972. The number of piperazine rings is 1. The Labute approximate surface area is 220 Å². The molecule has 0 bridgehead atoms. The summed E-state index contributed by atoms with van der Waals surface area (Å²) in [6.07, 6.45) is -1.41. The summed E-state index contributed by atoms with van der Waals surface area (Å²) in [5.74, 6) is 0.449. The number of nitrogens with one attached hydrogen (secondary N) is 1. The van der Waals surface area contributed by atoms with Gasteiger partial charge in [-0.05, 0) is 42.5 Å². The molecule has 0 spiro atoms. The van der Waals surface area contributed by atoms with Gasteiger partial charge in [0.1, 0.15) is 5.52 Å². The van der Waals surface area contributed by atoms with Gasteiger partial charge in [-0.3, -0.25) is 14.3 Å². The average molecular weight is 533 g/mol. The fourth-order valence-corrected chi connectivity index (χ4v) is 4.91. The zero-order chi connectivity index (χ0) is 27.1. The van der Waals surface area contributed by atoms with Gasteiger partial charge in [0, 0.05) is 67.3 Å². The summed E-state index contributed by atoms with van der Waals surface area (Å²) < 4.78 is 49.3. The van der Waals surface area contributed by atoms with Crippen LogP contribution in [0.4, 0.5) is 18.9 Å². The highest BCUT2D eigenvalue weighted by molar-refractivity contribution is 6.02. The molecular weight excluding hydrogens is 509 g/mol. The predicted molar refractivity (Wildman–Crippen MR) is 143 cm³/mol. The van der Waals surface area contributed by atoms with Crippen LogP contribution in [0.3, 0.4) is 0 Å². The number of benzene rings is 1. The quantitative estimate of drug-likeness (QED) is 0.343. The molecule has 1 saturated heterocycles. The Bertz CT molecular complexity index is 1750. The number of aromatic nitrogens is 4. The highest BCUT2D eigenvalue weighted by atomic mass is 19.4. The van der Waals surface area contributed by atoms with Crippen molar-refractivity contribution in [2.24, 2.45) is 0 Å². The monoisotopic (exact) mass is 532 g/mol. The minimum Gasteiger partial charge on any atom is -0.481 e.